The van der Waals surface area contributed by atoms with Gasteiger partial charge < -0.3 is 9.73 Å². The minimum Gasteiger partial charge on any atom is -0.458 e. The number of aromatic nitrogens is 1. The minimum atomic E-state index is 0.326. The van der Waals surface area contributed by atoms with Gasteiger partial charge in [0.25, 0.3) is 0 Å². The maximum absolute atomic E-state index is 5.94. The second-order valence-corrected chi connectivity index (χ2v) is 5.15. The molecular weight excluding hydrogens is 291 g/mol. The first kappa shape index (κ1) is 10.6. The number of fused-ring (bicyclic) bond motifs is 1. The zero-order valence-electron chi connectivity index (χ0n) is 8.46. The normalized spacial score (nSPS) is 20.8. The Morgan fingerprint density at radius 2 is 2.38 bits per heavy atom. The lowest BCUT2D eigenvalue weighted by Crippen LogP contribution is -2.11. The lowest BCUT2D eigenvalue weighted by atomic mass is 10.2. The molecular formula is C11H10BrClN2O. The average Bonchev–Trinajstić information content (AvgIpc) is 2.86. The number of pyridine rings is 1. The summed E-state index contributed by atoms with van der Waals surface area (Å²) in [5.41, 5.74) is 1.59. The minimum absolute atomic E-state index is 0.326. The molecule has 84 valence electrons. The van der Waals surface area contributed by atoms with E-state index in [4.69, 9.17) is 16.0 Å². The fourth-order valence-electron chi connectivity index (χ4n) is 2.04. The van der Waals surface area contributed by atoms with E-state index in [0.29, 0.717) is 11.2 Å². The van der Waals surface area contributed by atoms with Crippen molar-refractivity contribution in [2.75, 3.05) is 6.54 Å². The molecule has 1 aliphatic heterocycles. The highest BCUT2D eigenvalue weighted by atomic mass is 79.9. The Morgan fingerprint density at radius 1 is 1.50 bits per heavy atom. The second-order valence-electron chi connectivity index (χ2n) is 3.94. The van der Waals surface area contributed by atoms with Gasteiger partial charge in [0.15, 0.2) is 5.58 Å². The molecule has 0 aliphatic carbocycles. The number of hydrogen-bond donors (Lipinski definition) is 1. The molecule has 1 atom stereocenters. The average molecular weight is 302 g/mol. The maximum atomic E-state index is 5.94. The second kappa shape index (κ2) is 4.02. The van der Waals surface area contributed by atoms with Crippen molar-refractivity contribution in [2.24, 2.45) is 0 Å². The fourth-order valence-corrected chi connectivity index (χ4v) is 2.48. The summed E-state index contributed by atoms with van der Waals surface area (Å²) in [4.78, 5) is 4.26. The predicted molar refractivity (Wildman–Crippen MR) is 66.7 cm³/mol. The molecule has 3 rings (SSSR count). The van der Waals surface area contributed by atoms with Gasteiger partial charge in [-0.2, -0.15) is 0 Å². The number of rotatable bonds is 1. The fraction of sp³-hybridized carbons (Fsp3) is 0.364. The van der Waals surface area contributed by atoms with Crippen molar-refractivity contribution in [1.29, 1.82) is 0 Å². The highest BCUT2D eigenvalue weighted by molar-refractivity contribution is 9.10. The smallest absolute Gasteiger partial charge is 0.154 e. The van der Waals surface area contributed by atoms with Gasteiger partial charge in [-0.25, -0.2) is 4.98 Å². The molecule has 3 heterocycles. The zero-order chi connectivity index (χ0) is 11.1. The molecule has 16 heavy (non-hydrogen) atoms. The number of nitrogens with one attached hydrogen (secondary N) is 1. The van der Waals surface area contributed by atoms with Gasteiger partial charge in [0.2, 0.25) is 0 Å². The number of nitrogens with zero attached hydrogens (tertiary/aromatic N) is 1. The Bertz CT molecular complexity index is 495. The van der Waals surface area contributed by atoms with E-state index in [0.717, 1.165) is 34.3 Å². The van der Waals surface area contributed by atoms with E-state index in [-0.39, 0.29) is 0 Å². The number of furan rings is 1. The van der Waals surface area contributed by atoms with Crippen LogP contribution in [0.4, 0.5) is 0 Å². The first-order chi connectivity index (χ1) is 7.74. The van der Waals surface area contributed by atoms with Crippen LogP contribution in [0, 0.1) is 0 Å². The van der Waals surface area contributed by atoms with Gasteiger partial charge >= 0.3 is 0 Å². The lowest BCUT2D eigenvalue weighted by molar-refractivity contribution is 0.470. The van der Waals surface area contributed by atoms with Crippen molar-refractivity contribution >= 4 is 38.6 Å². The van der Waals surface area contributed by atoms with Gasteiger partial charge in [0.05, 0.1) is 10.5 Å². The molecule has 5 heteroatoms. The highest BCUT2D eigenvalue weighted by Gasteiger charge is 2.20. The van der Waals surface area contributed by atoms with Gasteiger partial charge in [-0.15, -0.1) is 0 Å². The van der Waals surface area contributed by atoms with E-state index in [9.17, 15) is 0 Å². The van der Waals surface area contributed by atoms with Crippen molar-refractivity contribution < 1.29 is 4.42 Å². The van der Waals surface area contributed by atoms with Crippen molar-refractivity contribution in [3.05, 3.63) is 27.5 Å². The van der Waals surface area contributed by atoms with Gasteiger partial charge in [0, 0.05) is 12.1 Å². The zero-order valence-corrected chi connectivity index (χ0v) is 10.8. The monoisotopic (exact) mass is 300 g/mol. The van der Waals surface area contributed by atoms with Gasteiger partial charge in [-0.05, 0) is 35.3 Å². The lowest BCUT2D eigenvalue weighted by Gasteiger charge is -2.04. The van der Waals surface area contributed by atoms with Crippen LogP contribution in [0.3, 0.4) is 0 Å². The summed E-state index contributed by atoms with van der Waals surface area (Å²) in [6.07, 6.45) is 2.31. The molecule has 0 saturated carbocycles. The molecule has 0 radical (unpaired) electrons. The molecule has 1 aliphatic rings. The van der Waals surface area contributed by atoms with E-state index >= 15 is 0 Å². The Labute approximate surface area is 106 Å². The van der Waals surface area contributed by atoms with Crippen LogP contribution in [-0.4, -0.2) is 11.5 Å². The molecule has 3 nitrogen and oxygen atoms in total. The number of halogens is 2. The Hall–Kier alpha value is -0.580. The summed E-state index contributed by atoms with van der Waals surface area (Å²) in [6, 6.07) is 4.16. The van der Waals surface area contributed by atoms with E-state index in [1.807, 2.05) is 12.1 Å². The van der Waals surface area contributed by atoms with Crippen LogP contribution in [0.1, 0.15) is 24.6 Å². The molecule has 0 bridgehead atoms. The van der Waals surface area contributed by atoms with Crippen LogP contribution in [0.2, 0.25) is 5.15 Å². The third kappa shape index (κ3) is 1.75. The van der Waals surface area contributed by atoms with E-state index in [1.165, 1.54) is 6.42 Å². The van der Waals surface area contributed by atoms with E-state index in [1.54, 1.807) is 0 Å². The van der Waals surface area contributed by atoms with Gasteiger partial charge in [-0.3, -0.25) is 0 Å². The predicted octanol–water partition coefficient (Wildman–Crippen LogP) is 3.67. The number of hydrogen-bond acceptors (Lipinski definition) is 3. The topological polar surface area (TPSA) is 38.1 Å². The molecule has 2 aromatic heterocycles. The summed E-state index contributed by atoms with van der Waals surface area (Å²) in [6.45, 7) is 1.06. The SMILES string of the molecule is Clc1nc2cc([C@H]3CCCN3)oc2cc1Br. The Balaban J connectivity index is 2.08. The quantitative estimate of drug-likeness (QED) is 0.817. The van der Waals surface area contributed by atoms with Crippen molar-refractivity contribution in [3.8, 4) is 0 Å². The van der Waals surface area contributed by atoms with Crippen LogP contribution in [0.25, 0.3) is 11.1 Å². The van der Waals surface area contributed by atoms with E-state index in [2.05, 4.69) is 26.2 Å². The van der Waals surface area contributed by atoms with Gasteiger partial charge in [0.1, 0.15) is 16.4 Å². The summed E-state index contributed by atoms with van der Waals surface area (Å²) in [5.74, 6) is 0.953. The van der Waals surface area contributed by atoms with Gasteiger partial charge in [-0.1, -0.05) is 11.6 Å². The largest absolute Gasteiger partial charge is 0.458 e. The van der Waals surface area contributed by atoms with Crippen LogP contribution < -0.4 is 5.32 Å². The van der Waals surface area contributed by atoms with Crippen molar-refractivity contribution in [3.63, 3.8) is 0 Å². The first-order valence-corrected chi connectivity index (χ1v) is 6.40. The summed E-state index contributed by atoms with van der Waals surface area (Å²) < 4.78 is 6.54. The summed E-state index contributed by atoms with van der Waals surface area (Å²) >= 11 is 9.28. The molecule has 1 N–H and O–H groups in total. The van der Waals surface area contributed by atoms with Crippen molar-refractivity contribution in [2.45, 2.75) is 18.9 Å². The molecule has 0 unspecified atom stereocenters. The van der Waals surface area contributed by atoms with Crippen LogP contribution >= 0.6 is 27.5 Å². The molecule has 0 amide bonds. The molecule has 1 fully saturated rings. The Morgan fingerprint density at radius 3 is 3.12 bits per heavy atom. The Kier molecular flexibility index (Phi) is 2.65. The standard InChI is InChI=1S/C11H10BrClN2O/c12-6-4-9-8(15-11(6)13)5-10(16-9)7-2-1-3-14-7/h4-5,7,14H,1-3H2/t7-/m1/s1. The molecule has 1 saturated heterocycles. The van der Waals surface area contributed by atoms with E-state index < -0.39 is 0 Å². The summed E-state index contributed by atoms with van der Waals surface area (Å²) in [7, 11) is 0. The van der Waals surface area contributed by atoms with Crippen LogP contribution in [-0.2, 0) is 0 Å². The van der Waals surface area contributed by atoms with Crippen LogP contribution in [0.5, 0.6) is 0 Å². The van der Waals surface area contributed by atoms with Crippen LogP contribution in [0.15, 0.2) is 21.0 Å². The molecule has 0 aromatic carbocycles. The summed E-state index contributed by atoms with van der Waals surface area (Å²) in [5, 5.41) is 3.87. The third-order valence-corrected chi connectivity index (χ3v) is 3.96. The highest BCUT2D eigenvalue weighted by Crippen LogP contribution is 2.31. The van der Waals surface area contributed by atoms with Crippen molar-refractivity contribution in [1.82, 2.24) is 10.3 Å². The maximum Gasteiger partial charge on any atom is 0.154 e. The molecule has 2 aromatic rings. The molecule has 0 spiro atoms. The first-order valence-electron chi connectivity index (χ1n) is 5.23. The third-order valence-electron chi connectivity index (χ3n) is 2.84.